The number of nitrogen functional groups attached to an aromatic ring is 1. The van der Waals surface area contributed by atoms with Gasteiger partial charge in [-0.15, -0.1) is 0 Å². The average Bonchev–Trinajstić information content (AvgIpc) is 2.41. The minimum absolute atomic E-state index is 0.0439. The molecule has 0 amide bonds. The number of nitrogens with two attached hydrogens (primary N) is 1. The number of rotatable bonds is 4. The molecule has 0 bridgehead atoms. The molecule has 2 aromatic carbocycles. The number of para-hydroxylation sites is 2. The van der Waals surface area contributed by atoms with Gasteiger partial charge in [0.1, 0.15) is 11.4 Å². The summed E-state index contributed by atoms with van der Waals surface area (Å²) in [6, 6.07) is 12.8. The second-order valence-electron chi connectivity index (χ2n) is 4.50. The second-order valence-corrected chi connectivity index (χ2v) is 4.50. The lowest BCUT2D eigenvalue weighted by Crippen LogP contribution is -2.18. The van der Waals surface area contributed by atoms with Crippen LogP contribution < -0.4 is 10.6 Å². The number of hydrogen-bond donors (Lipinski definition) is 1. The molecular weight excluding hydrogens is 254 g/mol. The van der Waals surface area contributed by atoms with Crippen LogP contribution >= 0.6 is 0 Å². The lowest BCUT2D eigenvalue weighted by atomic mass is 10.1. The Hall–Kier alpha value is -2.56. The Morgan fingerprint density at radius 3 is 2.40 bits per heavy atom. The molecule has 0 saturated carbocycles. The number of aryl methyl sites for hydroxylation is 1. The van der Waals surface area contributed by atoms with Crippen LogP contribution in [0.3, 0.4) is 0 Å². The molecule has 0 aromatic heterocycles. The van der Waals surface area contributed by atoms with Crippen LogP contribution in [0.4, 0.5) is 22.7 Å². The molecule has 5 heteroatoms. The number of benzene rings is 2. The molecule has 0 unspecified atom stereocenters. The monoisotopic (exact) mass is 271 g/mol. The normalized spacial score (nSPS) is 10.3. The van der Waals surface area contributed by atoms with Gasteiger partial charge in [-0.2, -0.15) is 0 Å². The van der Waals surface area contributed by atoms with Gasteiger partial charge in [-0.25, -0.2) is 0 Å². The van der Waals surface area contributed by atoms with Gasteiger partial charge in [0.15, 0.2) is 0 Å². The Balaban J connectivity index is 2.62. The third-order valence-electron chi connectivity index (χ3n) is 3.24. The third kappa shape index (κ3) is 2.42. The maximum absolute atomic E-state index is 11.3. The minimum atomic E-state index is -0.425. The highest BCUT2D eigenvalue weighted by Gasteiger charge is 2.23. The summed E-state index contributed by atoms with van der Waals surface area (Å²) in [5.41, 5.74) is 8.43. The van der Waals surface area contributed by atoms with Crippen molar-refractivity contribution in [2.45, 2.75) is 13.8 Å². The van der Waals surface area contributed by atoms with E-state index in [1.807, 2.05) is 43.0 Å². The largest absolute Gasteiger partial charge is 0.393 e. The quantitative estimate of drug-likeness (QED) is 0.523. The summed E-state index contributed by atoms with van der Waals surface area (Å²) < 4.78 is 0. The van der Waals surface area contributed by atoms with E-state index in [4.69, 9.17) is 5.73 Å². The molecule has 104 valence electrons. The predicted molar refractivity (Wildman–Crippen MR) is 81.4 cm³/mol. The summed E-state index contributed by atoms with van der Waals surface area (Å²) in [7, 11) is 0. The lowest BCUT2D eigenvalue weighted by molar-refractivity contribution is -0.383. The van der Waals surface area contributed by atoms with Gasteiger partial charge in [-0.05, 0) is 37.6 Å². The Morgan fingerprint density at radius 2 is 1.80 bits per heavy atom. The first kappa shape index (κ1) is 13.9. The van der Waals surface area contributed by atoms with Crippen LogP contribution in [0.2, 0.25) is 0 Å². The fourth-order valence-corrected chi connectivity index (χ4v) is 2.30. The first-order valence-electron chi connectivity index (χ1n) is 6.42. The van der Waals surface area contributed by atoms with E-state index in [-0.39, 0.29) is 11.4 Å². The summed E-state index contributed by atoms with van der Waals surface area (Å²) in [6.07, 6.45) is 0. The maximum Gasteiger partial charge on any atom is 0.315 e. The first-order valence-corrected chi connectivity index (χ1v) is 6.42. The Kier molecular flexibility index (Phi) is 3.89. The Labute approximate surface area is 117 Å². The van der Waals surface area contributed by atoms with Crippen molar-refractivity contribution in [3.05, 3.63) is 58.1 Å². The average molecular weight is 271 g/mol. The van der Waals surface area contributed by atoms with Gasteiger partial charge in [-0.3, -0.25) is 10.1 Å². The molecule has 0 aliphatic rings. The first-order chi connectivity index (χ1) is 9.56. The number of nitrogens with zero attached hydrogens (tertiary/aromatic N) is 2. The van der Waals surface area contributed by atoms with E-state index >= 15 is 0 Å². The van der Waals surface area contributed by atoms with E-state index in [9.17, 15) is 10.1 Å². The molecular formula is C15H17N3O2. The molecule has 0 radical (unpaired) electrons. The Bertz CT molecular complexity index is 641. The summed E-state index contributed by atoms with van der Waals surface area (Å²) in [6.45, 7) is 4.56. The molecule has 0 aliphatic heterocycles. The van der Waals surface area contributed by atoms with E-state index in [1.54, 1.807) is 18.2 Å². The van der Waals surface area contributed by atoms with Crippen LogP contribution in [0.15, 0.2) is 42.5 Å². The molecule has 0 fully saturated rings. The molecule has 2 aromatic rings. The topological polar surface area (TPSA) is 72.4 Å². The fourth-order valence-electron chi connectivity index (χ4n) is 2.30. The molecule has 0 saturated heterocycles. The van der Waals surface area contributed by atoms with Crippen molar-refractivity contribution in [3.63, 3.8) is 0 Å². The summed E-state index contributed by atoms with van der Waals surface area (Å²) in [5, 5.41) is 11.3. The van der Waals surface area contributed by atoms with Crippen molar-refractivity contribution in [1.29, 1.82) is 0 Å². The van der Waals surface area contributed by atoms with Gasteiger partial charge in [-0.1, -0.05) is 24.3 Å². The van der Waals surface area contributed by atoms with Crippen molar-refractivity contribution in [1.82, 2.24) is 0 Å². The fraction of sp³-hybridized carbons (Fsp3) is 0.200. The predicted octanol–water partition coefficient (Wildman–Crippen LogP) is 3.64. The van der Waals surface area contributed by atoms with Gasteiger partial charge in [0.2, 0.25) is 0 Å². The highest BCUT2D eigenvalue weighted by Crippen LogP contribution is 2.38. The van der Waals surface area contributed by atoms with E-state index in [2.05, 4.69) is 0 Å². The third-order valence-corrected chi connectivity index (χ3v) is 3.24. The van der Waals surface area contributed by atoms with Gasteiger partial charge in [0, 0.05) is 12.2 Å². The lowest BCUT2D eigenvalue weighted by Gasteiger charge is -2.25. The highest BCUT2D eigenvalue weighted by molar-refractivity contribution is 5.80. The molecule has 2 N–H and O–H groups in total. The number of nitro groups is 1. The molecule has 0 heterocycles. The summed E-state index contributed by atoms with van der Waals surface area (Å²) >= 11 is 0. The molecule has 0 spiro atoms. The number of hydrogen-bond acceptors (Lipinski definition) is 4. The van der Waals surface area contributed by atoms with Crippen molar-refractivity contribution >= 4 is 22.7 Å². The number of nitro benzene ring substituents is 1. The summed E-state index contributed by atoms with van der Waals surface area (Å²) in [5.74, 6) is 0. The van der Waals surface area contributed by atoms with Crippen molar-refractivity contribution in [2.75, 3.05) is 17.2 Å². The zero-order valence-electron chi connectivity index (χ0n) is 11.5. The smallest absolute Gasteiger partial charge is 0.315 e. The van der Waals surface area contributed by atoms with Crippen LogP contribution in [0.1, 0.15) is 12.5 Å². The van der Waals surface area contributed by atoms with E-state index < -0.39 is 4.92 Å². The van der Waals surface area contributed by atoms with Crippen molar-refractivity contribution in [3.8, 4) is 0 Å². The highest BCUT2D eigenvalue weighted by atomic mass is 16.6. The van der Waals surface area contributed by atoms with Gasteiger partial charge in [0.05, 0.1) is 4.92 Å². The standard InChI is InChI=1S/C15H17N3O2/c1-3-17(13-9-5-4-7-11(13)2)14-10-6-8-12(16)15(14)18(19)20/h4-10H,3,16H2,1-2H3. The van der Waals surface area contributed by atoms with Gasteiger partial charge in [0.25, 0.3) is 0 Å². The minimum Gasteiger partial charge on any atom is -0.393 e. The number of anilines is 3. The van der Waals surface area contributed by atoms with Crippen LogP contribution in [-0.4, -0.2) is 11.5 Å². The maximum atomic E-state index is 11.3. The second kappa shape index (κ2) is 5.61. The molecule has 0 atom stereocenters. The zero-order valence-corrected chi connectivity index (χ0v) is 11.5. The van der Waals surface area contributed by atoms with E-state index in [0.29, 0.717) is 12.2 Å². The zero-order chi connectivity index (χ0) is 14.7. The van der Waals surface area contributed by atoms with E-state index in [0.717, 1.165) is 11.3 Å². The van der Waals surface area contributed by atoms with Crippen LogP contribution in [0, 0.1) is 17.0 Å². The van der Waals surface area contributed by atoms with E-state index in [1.165, 1.54) is 0 Å². The molecule has 2 rings (SSSR count). The van der Waals surface area contributed by atoms with Crippen molar-refractivity contribution < 1.29 is 4.92 Å². The van der Waals surface area contributed by atoms with Crippen LogP contribution in [0.5, 0.6) is 0 Å². The van der Waals surface area contributed by atoms with Crippen LogP contribution in [-0.2, 0) is 0 Å². The van der Waals surface area contributed by atoms with Gasteiger partial charge >= 0.3 is 5.69 Å². The molecule has 0 aliphatic carbocycles. The SMILES string of the molecule is CCN(c1ccccc1C)c1cccc(N)c1[N+](=O)[O-]. The Morgan fingerprint density at radius 1 is 1.15 bits per heavy atom. The van der Waals surface area contributed by atoms with Gasteiger partial charge < -0.3 is 10.6 Å². The molecule has 5 nitrogen and oxygen atoms in total. The van der Waals surface area contributed by atoms with Crippen molar-refractivity contribution in [2.24, 2.45) is 0 Å². The summed E-state index contributed by atoms with van der Waals surface area (Å²) in [4.78, 5) is 12.8. The van der Waals surface area contributed by atoms with Crippen LogP contribution in [0.25, 0.3) is 0 Å². The molecule has 20 heavy (non-hydrogen) atoms.